The minimum atomic E-state index is -1.14. The van der Waals surface area contributed by atoms with Crippen molar-refractivity contribution in [2.45, 2.75) is 51.6 Å². The number of nitrogens with one attached hydrogen (secondary N) is 2. The van der Waals surface area contributed by atoms with E-state index in [0.29, 0.717) is 19.4 Å². The second-order valence-corrected chi connectivity index (χ2v) is 5.69. The van der Waals surface area contributed by atoms with E-state index in [1.165, 1.54) is 0 Å². The summed E-state index contributed by atoms with van der Waals surface area (Å²) in [7, 11) is 0. The van der Waals surface area contributed by atoms with Crippen molar-refractivity contribution in [1.29, 1.82) is 0 Å². The predicted molar refractivity (Wildman–Crippen MR) is 82.9 cm³/mol. The largest absolute Gasteiger partial charge is 0.480 e. The molecule has 8 nitrogen and oxygen atoms in total. The maximum Gasteiger partial charge on any atom is 0.322 e. The molecule has 0 heterocycles. The van der Waals surface area contributed by atoms with E-state index in [9.17, 15) is 14.4 Å². The Morgan fingerprint density at radius 2 is 1.77 bits per heavy atom. The number of nitrogens with two attached hydrogens (primary N) is 2. The molecule has 0 aliphatic rings. The molecule has 0 bridgehead atoms. The van der Waals surface area contributed by atoms with Gasteiger partial charge in [-0.1, -0.05) is 20.3 Å². The highest BCUT2D eigenvalue weighted by Gasteiger charge is 2.24. The highest BCUT2D eigenvalue weighted by Crippen LogP contribution is 2.06. The Morgan fingerprint density at radius 3 is 2.27 bits per heavy atom. The van der Waals surface area contributed by atoms with Crippen molar-refractivity contribution in [2.75, 3.05) is 13.1 Å². The van der Waals surface area contributed by atoms with Gasteiger partial charge in [-0.3, -0.25) is 14.4 Å². The van der Waals surface area contributed by atoms with Crippen LogP contribution < -0.4 is 22.1 Å². The molecule has 0 spiro atoms. The zero-order valence-electron chi connectivity index (χ0n) is 13.3. The van der Waals surface area contributed by atoms with Crippen molar-refractivity contribution in [2.24, 2.45) is 17.4 Å². The molecule has 0 aromatic rings. The molecule has 0 fully saturated rings. The van der Waals surface area contributed by atoms with Gasteiger partial charge in [0.15, 0.2) is 0 Å². The van der Waals surface area contributed by atoms with Crippen LogP contribution in [0, 0.1) is 5.92 Å². The van der Waals surface area contributed by atoms with Gasteiger partial charge in [-0.2, -0.15) is 0 Å². The van der Waals surface area contributed by atoms with Crippen LogP contribution >= 0.6 is 0 Å². The fourth-order valence-electron chi connectivity index (χ4n) is 1.91. The SMILES string of the molecule is CC(C)C[C@H](NC(=O)[C@@H](N)CCCCN)C(=O)NCC(=O)O. The molecule has 2 amide bonds. The van der Waals surface area contributed by atoms with Crippen LogP contribution in [0.25, 0.3) is 0 Å². The number of hydrogen-bond acceptors (Lipinski definition) is 5. The van der Waals surface area contributed by atoms with Crippen molar-refractivity contribution in [3.8, 4) is 0 Å². The van der Waals surface area contributed by atoms with Crippen molar-refractivity contribution in [3.05, 3.63) is 0 Å². The van der Waals surface area contributed by atoms with Gasteiger partial charge in [0, 0.05) is 0 Å². The Bertz CT molecular complexity index is 374. The third-order valence-corrected chi connectivity index (χ3v) is 3.06. The molecule has 0 aliphatic carbocycles. The number of unbranched alkanes of at least 4 members (excludes halogenated alkanes) is 1. The number of carbonyl (C=O) groups excluding carboxylic acids is 2. The smallest absolute Gasteiger partial charge is 0.322 e. The van der Waals surface area contributed by atoms with Gasteiger partial charge >= 0.3 is 5.97 Å². The summed E-state index contributed by atoms with van der Waals surface area (Å²) in [6.07, 6.45) is 2.43. The van der Waals surface area contributed by atoms with E-state index in [0.717, 1.165) is 12.8 Å². The van der Waals surface area contributed by atoms with Gasteiger partial charge in [-0.15, -0.1) is 0 Å². The van der Waals surface area contributed by atoms with E-state index >= 15 is 0 Å². The van der Waals surface area contributed by atoms with Gasteiger partial charge in [-0.05, 0) is 31.7 Å². The Hall–Kier alpha value is -1.67. The van der Waals surface area contributed by atoms with Crippen molar-refractivity contribution in [3.63, 3.8) is 0 Å². The summed E-state index contributed by atoms with van der Waals surface area (Å²) in [5, 5.41) is 13.5. The summed E-state index contributed by atoms with van der Waals surface area (Å²) in [6.45, 7) is 3.88. The standard InChI is InChI=1S/C14H28N4O4/c1-9(2)7-11(14(22)17-8-12(19)20)18-13(21)10(16)5-3-4-6-15/h9-11H,3-8,15-16H2,1-2H3,(H,17,22)(H,18,21)(H,19,20)/t10-,11-/m0/s1. The number of hydrogen-bond donors (Lipinski definition) is 5. The fourth-order valence-corrected chi connectivity index (χ4v) is 1.91. The van der Waals surface area contributed by atoms with Crippen molar-refractivity contribution >= 4 is 17.8 Å². The molecule has 0 rings (SSSR count). The molecule has 0 saturated carbocycles. The molecule has 0 aliphatic heterocycles. The first-order chi connectivity index (χ1) is 10.3. The van der Waals surface area contributed by atoms with Crippen molar-refractivity contribution in [1.82, 2.24) is 10.6 Å². The maximum atomic E-state index is 12.0. The number of amides is 2. The Kier molecular flexibility index (Phi) is 10.1. The molecule has 8 heteroatoms. The Labute approximate surface area is 131 Å². The summed E-state index contributed by atoms with van der Waals surface area (Å²) in [4.78, 5) is 34.5. The molecule has 0 saturated heterocycles. The van der Waals surface area contributed by atoms with Crippen LogP contribution in [0.15, 0.2) is 0 Å². The molecule has 0 aromatic carbocycles. The van der Waals surface area contributed by atoms with Crippen LogP contribution in [-0.2, 0) is 14.4 Å². The van der Waals surface area contributed by atoms with Crippen LogP contribution in [0.2, 0.25) is 0 Å². The Morgan fingerprint density at radius 1 is 1.14 bits per heavy atom. The zero-order valence-corrected chi connectivity index (χ0v) is 13.3. The van der Waals surface area contributed by atoms with Crippen LogP contribution in [0.4, 0.5) is 0 Å². The number of aliphatic carboxylic acids is 1. The molecule has 7 N–H and O–H groups in total. The fraction of sp³-hybridized carbons (Fsp3) is 0.786. The average molecular weight is 316 g/mol. The lowest BCUT2D eigenvalue weighted by Crippen LogP contribution is -2.52. The summed E-state index contributed by atoms with van der Waals surface area (Å²) < 4.78 is 0. The van der Waals surface area contributed by atoms with E-state index in [2.05, 4.69) is 10.6 Å². The highest BCUT2D eigenvalue weighted by molar-refractivity contribution is 5.90. The molecular weight excluding hydrogens is 288 g/mol. The summed E-state index contributed by atoms with van der Waals surface area (Å²) in [5.41, 5.74) is 11.2. The van der Waals surface area contributed by atoms with Crippen LogP contribution in [0.3, 0.4) is 0 Å². The topological polar surface area (TPSA) is 148 Å². The first kappa shape index (κ1) is 20.3. The summed E-state index contributed by atoms with van der Waals surface area (Å²) in [6, 6.07) is -1.49. The van der Waals surface area contributed by atoms with Gasteiger partial charge in [0.25, 0.3) is 0 Å². The molecular formula is C14H28N4O4. The molecule has 0 unspecified atom stereocenters. The zero-order chi connectivity index (χ0) is 17.1. The predicted octanol–water partition coefficient (Wildman–Crippen LogP) is -0.826. The van der Waals surface area contributed by atoms with Gasteiger partial charge in [0.05, 0.1) is 6.04 Å². The molecule has 128 valence electrons. The van der Waals surface area contributed by atoms with Gasteiger partial charge in [0.2, 0.25) is 11.8 Å². The van der Waals surface area contributed by atoms with E-state index in [1.807, 2.05) is 13.8 Å². The lowest BCUT2D eigenvalue weighted by molar-refractivity contribution is -0.138. The maximum absolute atomic E-state index is 12.0. The monoisotopic (exact) mass is 316 g/mol. The van der Waals surface area contributed by atoms with E-state index in [-0.39, 0.29) is 5.92 Å². The minimum absolute atomic E-state index is 0.161. The first-order valence-electron chi connectivity index (χ1n) is 7.53. The third kappa shape index (κ3) is 9.30. The van der Waals surface area contributed by atoms with E-state index in [4.69, 9.17) is 16.6 Å². The summed E-state index contributed by atoms with van der Waals surface area (Å²) in [5.74, 6) is -1.90. The quantitative estimate of drug-likeness (QED) is 0.314. The molecule has 0 aromatic heterocycles. The molecule has 2 atom stereocenters. The third-order valence-electron chi connectivity index (χ3n) is 3.06. The molecule has 22 heavy (non-hydrogen) atoms. The lowest BCUT2D eigenvalue weighted by Gasteiger charge is -2.21. The lowest BCUT2D eigenvalue weighted by atomic mass is 10.0. The number of rotatable bonds is 11. The Balaban J connectivity index is 4.52. The van der Waals surface area contributed by atoms with E-state index < -0.39 is 36.4 Å². The van der Waals surface area contributed by atoms with Crippen LogP contribution in [0.1, 0.15) is 39.5 Å². The number of carboxylic acids is 1. The van der Waals surface area contributed by atoms with Crippen LogP contribution in [0.5, 0.6) is 0 Å². The normalized spacial score (nSPS) is 13.5. The van der Waals surface area contributed by atoms with Crippen LogP contribution in [-0.4, -0.2) is 48.1 Å². The summed E-state index contributed by atoms with van der Waals surface area (Å²) >= 11 is 0. The van der Waals surface area contributed by atoms with Crippen molar-refractivity contribution < 1.29 is 19.5 Å². The second kappa shape index (κ2) is 11.0. The first-order valence-corrected chi connectivity index (χ1v) is 7.53. The van der Waals surface area contributed by atoms with E-state index in [1.54, 1.807) is 0 Å². The number of carbonyl (C=O) groups is 3. The highest BCUT2D eigenvalue weighted by atomic mass is 16.4. The second-order valence-electron chi connectivity index (χ2n) is 5.69. The number of carboxylic acid groups (broad SMARTS) is 1. The van der Waals surface area contributed by atoms with Gasteiger partial charge < -0.3 is 27.2 Å². The average Bonchev–Trinajstić information content (AvgIpc) is 2.43. The van der Waals surface area contributed by atoms with Gasteiger partial charge in [-0.25, -0.2) is 0 Å². The van der Waals surface area contributed by atoms with Gasteiger partial charge in [0.1, 0.15) is 12.6 Å². The minimum Gasteiger partial charge on any atom is -0.480 e. The molecule has 0 radical (unpaired) electrons.